The Labute approximate surface area is 179 Å². The van der Waals surface area contributed by atoms with Gasteiger partial charge in [-0.1, -0.05) is 11.6 Å². The zero-order valence-corrected chi connectivity index (χ0v) is 17.0. The van der Waals surface area contributed by atoms with Gasteiger partial charge in [-0.25, -0.2) is 9.67 Å². The van der Waals surface area contributed by atoms with Gasteiger partial charge in [0.05, 0.1) is 12.2 Å². The topological polar surface area (TPSA) is 83.4 Å². The monoisotopic (exact) mass is 424 g/mol. The fraction of sp³-hybridized carbons (Fsp3) is 0.238. The van der Waals surface area contributed by atoms with Crippen molar-refractivity contribution in [3.63, 3.8) is 0 Å². The number of rotatable bonds is 5. The van der Waals surface area contributed by atoms with Crippen molar-refractivity contribution in [1.82, 2.24) is 25.0 Å². The molecule has 8 nitrogen and oxygen atoms in total. The summed E-state index contributed by atoms with van der Waals surface area (Å²) in [5.41, 5.74) is 2.38. The molecule has 3 aromatic rings. The Balaban J connectivity index is 1.25. The number of halogens is 1. The molecule has 1 aliphatic heterocycles. The summed E-state index contributed by atoms with van der Waals surface area (Å²) in [6.07, 6.45) is 3.03. The second-order valence-corrected chi connectivity index (χ2v) is 7.35. The Kier molecular flexibility index (Phi) is 5.94. The highest BCUT2D eigenvalue weighted by Crippen LogP contribution is 2.19. The predicted octanol–water partition coefficient (Wildman–Crippen LogP) is 2.00. The number of nitrogens with zero attached hydrogens (tertiary/aromatic N) is 5. The first-order chi connectivity index (χ1) is 14.6. The summed E-state index contributed by atoms with van der Waals surface area (Å²) < 4.78 is 1.61. The molecule has 0 spiro atoms. The van der Waals surface area contributed by atoms with Crippen LogP contribution in [0, 0.1) is 0 Å². The number of carbonyl (C=O) groups is 2. The molecular formula is C21H21ClN6O2. The van der Waals surface area contributed by atoms with E-state index in [0.717, 1.165) is 24.5 Å². The molecule has 2 heterocycles. The summed E-state index contributed by atoms with van der Waals surface area (Å²) in [5, 5.41) is 7.46. The molecule has 0 unspecified atom stereocenters. The summed E-state index contributed by atoms with van der Waals surface area (Å²) >= 11 is 5.94. The molecule has 9 heteroatoms. The third kappa shape index (κ3) is 4.60. The highest BCUT2D eigenvalue weighted by molar-refractivity contribution is 6.30. The molecule has 0 aliphatic carbocycles. The molecule has 2 amide bonds. The Bertz CT molecular complexity index is 997. The molecule has 154 valence electrons. The van der Waals surface area contributed by atoms with Crippen LogP contribution in [-0.4, -0.2) is 64.2 Å². The number of amides is 2. The van der Waals surface area contributed by atoms with Crippen molar-refractivity contribution in [2.45, 2.75) is 0 Å². The van der Waals surface area contributed by atoms with Crippen LogP contribution in [0.4, 0.5) is 5.69 Å². The number of carbonyl (C=O) groups excluding carboxylic acids is 2. The van der Waals surface area contributed by atoms with Crippen molar-refractivity contribution in [1.29, 1.82) is 0 Å². The molecule has 0 atom stereocenters. The van der Waals surface area contributed by atoms with E-state index in [9.17, 15) is 9.59 Å². The van der Waals surface area contributed by atoms with Crippen molar-refractivity contribution >= 4 is 29.1 Å². The van der Waals surface area contributed by atoms with Gasteiger partial charge in [0.15, 0.2) is 0 Å². The summed E-state index contributed by atoms with van der Waals surface area (Å²) in [6.45, 7) is 2.69. The van der Waals surface area contributed by atoms with E-state index >= 15 is 0 Å². The SMILES string of the molecule is O=C(NCC(=O)N1CCN(c2ccc(Cl)cc2)CC1)c1ccc(-n2cncn2)cc1. The summed E-state index contributed by atoms with van der Waals surface area (Å²) in [6, 6.07) is 14.6. The Morgan fingerprint density at radius 1 is 0.933 bits per heavy atom. The molecule has 0 radical (unpaired) electrons. The van der Waals surface area contributed by atoms with Crippen LogP contribution in [0.25, 0.3) is 5.69 Å². The fourth-order valence-corrected chi connectivity index (χ4v) is 3.47. The quantitative estimate of drug-likeness (QED) is 0.677. The summed E-state index contributed by atoms with van der Waals surface area (Å²) in [5.74, 6) is -0.369. The summed E-state index contributed by atoms with van der Waals surface area (Å²) in [4.78, 5) is 32.7. The van der Waals surface area contributed by atoms with E-state index in [1.807, 2.05) is 24.3 Å². The van der Waals surface area contributed by atoms with Crippen LogP contribution >= 0.6 is 11.6 Å². The largest absolute Gasteiger partial charge is 0.368 e. The van der Waals surface area contributed by atoms with Crippen LogP contribution in [0.15, 0.2) is 61.2 Å². The molecule has 0 saturated carbocycles. The summed E-state index contributed by atoms with van der Waals surface area (Å²) in [7, 11) is 0. The second-order valence-electron chi connectivity index (χ2n) is 6.91. The van der Waals surface area contributed by atoms with Crippen LogP contribution in [0.3, 0.4) is 0 Å². The van der Waals surface area contributed by atoms with Gasteiger partial charge in [-0.3, -0.25) is 9.59 Å². The third-order valence-corrected chi connectivity index (χ3v) is 5.29. The minimum Gasteiger partial charge on any atom is -0.368 e. The van der Waals surface area contributed by atoms with Crippen LogP contribution in [-0.2, 0) is 4.79 Å². The van der Waals surface area contributed by atoms with Crippen molar-refractivity contribution in [3.05, 3.63) is 71.8 Å². The Morgan fingerprint density at radius 2 is 1.60 bits per heavy atom. The normalized spacial score (nSPS) is 13.9. The van der Waals surface area contributed by atoms with Crippen molar-refractivity contribution in [3.8, 4) is 5.69 Å². The van der Waals surface area contributed by atoms with Gasteiger partial charge in [0.25, 0.3) is 5.91 Å². The van der Waals surface area contributed by atoms with Gasteiger partial charge < -0.3 is 15.1 Å². The minimum atomic E-state index is -0.284. The predicted molar refractivity (Wildman–Crippen MR) is 114 cm³/mol. The molecular weight excluding hydrogens is 404 g/mol. The number of nitrogens with one attached hydrogen (secondary N) is 1. The lowest BCUT2D eigenvalue weighted by atomic mass is 10.2. The maximum atomic E-state index is 12.5. The molecule has 1 fully saturated rings. The zero-order chi connectivity index (χ0) is 20.9. The lowest BCUT2D eigenvalue weighted by Gasteiger charge is -2.36. The first-order valence-electron chi connectivity index (χ1n) is 9.62. The highest BCUT2D eigenvalue weighted by Gasteiger charge is 2.21. The van der Waals surface area contributed by atoms with Crippen LogP contribution < -0.4 is 10.2 Å². The van der Waals surface area contributed by atoms with Crippen molar-refractivity contribution in [2.75, 3.05) is 37.6 Å². The van der Waals surface area contributed by atoms with Crippen LogP contribution in [0.1, 0.15) is 10.4 Å². The van der Waals surface area contributed by atoms with Crippen LogP contribution in [0.2, 0.25) is 5.02 Å². The molecule has 1 N–H and O–H groups in total. The van der Waals surface area contributed by atoms with Gasteiger partial charge in [0, 0.05) is 42.5 Å². The van der Waals surface area contributed by atoms with Gasteiger partial charge in [-0.05, 0) is 48.5 Å². The van der Waals surface area contributed by atoms with Gasteiger partial charge >= 0.3 is 0 Å². The van der Waals surface area contributed by atoms with E-state index < -0.39 is 0 Å². The van der Waals surface area contributed by atoms with E-state index in [1.54, 1.807) is 40.2 Å². The average Bonchev–Trinajstić information content (AvgIpc) is 3.33. The molecule has 4 rings (SSSR count). The van der Waals surface area contributed by atoms with E-state index in [-0.39, 0.29) is 18.4 Å². The first kappa shape index (κ1) is 19.9. The minimum absolute atomic E-state index is 0.0232. The molecule has 30 heavy (non-hydrogen) atoms. The van der Waals surface area contributed by atoms with Gasteiger partial charge in [0.1, 0.15) is 12.7 Å². The fourth-order valence-electron chi connectivity index (χ4n) is 3.34. The lowest BCUT2D eigenvalue weighted by molar-refractivity contribution is -0.130. The van der Waals surface area contributed by atoms with Gasteiger partial charge in [-0.15, -0.1) is 0 Å². The molecule has 2 aromatic carbocycles. The Hall–Kier alpha value is -3.39. The molecule has 1 aromatic heterocycles. The van der Waals surface area contributed by atoms with Gasteiger partial charge in [-0.2, -0.15) is 5.10 Å². The second kappa shape index (κ2) is 8.96. The zero-order valence-electron chi connectivity index (χ0n) is 16.2. The van der Waals surface area contributed by atoms with E-state index in [0.29, 0.717) is 23.7 Å². The molecule has 1 saturated heterocycles. The van der Waals surface area contributed by atoms with Crippen molar-refractivity contribution < 1.29 is 9.59 Å². The number of piperazine rings is 1. The number of aromatic nitrogens is 3. The number of hydrogen-bond acceptors (Lipinski definition) is 5. The average molecular weight is 425 g/mol. The number of anilines is 1. The molecule has 0 bridgehead atoms. The van der Waals surface area contributed by atoms with E-state index in [4.69, 9.17) is 11.6 Å². The van der Waals surface area contributed by atoms with E-state index in [2.05, 4.69) is 20.3 Å². The lowest BCUT2D eigenvalue weighted by Crippen LogP contribution is -2.51. The number of benzene rings is 2. The smallest absolute Gasteiger partial charge is 0.251 e. The third-order valence-electron chi connectivity index (χ3n) is 5.04. The maximum Gasteiger partial charge on any atom is 0.251 e. The van der Waals surface area contributed by atoms with E-state index in [1.165, 1.54) is 6.33 Å². The van der Waals surface area contributed by atoms with Crippen LogP contribution in [0.5, 0.6) is 0 Å². The number of hydrogen-bond donors (Lipinski definition) is 1. The standard InChI is InChI=1S/C21H21ClN6O2/c22-17-3-7-18(8-4-17)26-9-11-27(12-10-26)20(29)13-24-21(30)16-1-5-19(6-2-16)28-15-23-14-25-28/h1-8,14-15H,9-13H2,(H,24,30). The molecule has 1 aliphatic rings. The first-order valence-corrected chi connectivity index (χ1v) is 9.99. The highest BCUT2D eigenvalue weighted by atomic mass is 35.5. The van der Waals surface area contributed by atoms with Gasteiger partial charge in [0.2, 0.25) is 5.91 Å². The Morgan fingerprint density at radius 3 is 2.23 bits per heavy atom. The maximum absolute atomic E-state index is 12.5. The van der Waals surface area contributed by atoms with Crippen molar-refractivity contribution in [2.24, 2.45) is 0 Å².